The van der Waals surface area contributed by atoms with Crippen LogP contribution in [0.5, 0.6) is 0 Å². The van der Waals surface area contributed by atoms with E-state index < -0.39 is 12.2 Å². The molecule has 0 aromatic carbocycles. The summed E-state index contributed by atoms with van der Waals surface area (Å²) in [5, 5.41) is 21.4. The van der Waals surface area contributed by atoms with Crippen LogP contribution in [-0.4, -0.2) is 46.7 Å². The Bertz CT molecular complexity index is 789. The first-order chi connectivity index (χ1) is 15.1. The van der Waals surface area contributed by atoms with E-state index in [2.05, 4.69) is 27.7 Å². The van der Waals surface area contributed by atoms with E-state index in [0.29, 0.717) is 48.3 Å². The predicted octanol–water partition coefficient (Wildman–Crippen LogP) is 3.94. The van der Waals surface area contributed by atoms with Gasteiger partial charge < -0.3 is 19.7 Å². The van der Waals surface area contributed by atoms with Crippen LogP contribution in [0.25, 0.3) is 0 Å². The number of carbonyl (C=O) groups excluding carboxylic acids is 1. The number of rotatable bonds is 0. The fourth-order valence-corrected chi connectivity index (χ4v) is 10.2. The molecular formula is C27H42O5. The quantitative estimate of drug-likeness (QED) is 0.589. The van der Waals surface area contributed by atoms with Crippen LogP contribution < -0.4 is 0 Å². The minimum Gasteiger partial charge on any atom is -0.393 e. The van der Waals surface area contributed by atoms with Crippen molar-refractivity contribution in [3.63, 3.8) is 0 Å². The molecule has 0 aromatic heterocycles. The monoisotopic (exact) mass is 446 g/mol. The van der Waals surface area contributed by atoms with Crippen molar-refractivity contribution in [2.45, 2.75) is 103 Å². The van der Waals surface area contributed by atoms with E-state index in [0.717, 1.165) is 32.3 Å². The molecule has 4 saturated carbocycles. The number of hydrogen-bond acceptors (Lipinski definition) is 5. The van der Waals surface area contributed by atoms with Gasteiger partial charge in [-0.3, -0.25) is 4.79 Å². The van der Waals surface area contributed by atoms with Crippen molar-refractivity contribution in [2.24, 2.45) is 52.3 Å². The molecule has 5 unspecified atom stereocenters. The van der Waals surface area contributed by atoms with Crippen molar-refractivity contribution in [2.75, 3.05) is 6.61 Å². The molecule has 6 rings (SSSR count). The number of carbonyl (C=O) groups is 1. The molecule has 0 aromatic rings. The highest BCUT2D eigenvalue weighted by Crippen LogP contribution is 2.71. The maximum absolute atomic E-state index is 12.6. The third-order valence-corrected chi connectivity index (χ3v) is 11.8. The molecule has 5 heteroatoms. The third kappa shape index (κ3) is 2.74. The Morgan fingerprint density at radius 2 is 1.72 bits per heavy atom. The Morgan fingerprint density at radius 3 is 2.44 bits per heavy atom. The van der Waals surface area contributed by atoms with Crippen molar-refractivity contribution >= 4 is 5.78 Å². The molecule has 13 atom stereocenters. The molecule has 180 valence electrons. The minimum absolute atomic E-state index is 0.0178. The van der Waals surface area contributed by atoms with Gasteiger partial charge in [-0.25, -0.2) is 0 Å². The summed E-state index contributed by atoms with van der Waals surface area (Å²) in [5.41, 5.74) is 0.0241. The smallest absolute Gasteiger partial charge is 0.171 e. The first kappa shape index (κ1) is 22.0. The fraction of sp³-hybridized carbons (Fsp3) is 0.963. The Kier molecular flexibility index (Phi) is 4.83. The van der Waals surface area contributed by atoms with Crippen molar-refractivity contribution in [3.8, 4) is 0 Å². The van der Waals surface area contributed by atoms with Crippen molar-refractivity contribution in [3.05, 3.63) is 0 Å². The molecule has 5 nitrogen and oxygen atoms in total. The van der Waals surface area contributed by atoms with E-state index in [1.807, 2.05) is 0 Å². The van der Waals surface area contributed by atoms with Crippen molar-refractivity contribution in [1.29, 1.82) is 0 Å². The van der Waals surface area contributed by atoms with Crippen LogP contribution in [0.1, 0.15) is 79.1 Å². The molecule has 6 aliphatic rings. The van der Waals surface area contributed by atoms with Crippen LogP contribution in [0.15, 0.2) is 0 Å². The minimum atomic E-state index is -0.886. The number of fused-ring (bicyclic) bond motifs is 7. The zero-order valence-electron chi connectivity index (χ0n) is 20.3. The molecule has 0 bridgehead atoms. The highest BCUT2D eigenvalue weighted by atomic mass is 16.7. The predicted molar refractivity (Wildman–Crippen MR) is 120 cm³/mol. The van der Waals surface area contributed by atoms with E-state index >= 15 is 0 Å². The summed E-state index contributed by atoms with van der Waals surface area (Å²) in [4.78, 5) is 12.6. The summed E-state index contributed by atoms with van der Waals surface area (Å²) in [6, 6.07) is 0. The molecule has 2 saturated heterocycles. The summed E-state index contributed by atoms with van der Waals surface area (Å²) in [5.74, 6) is 2.60. The second-order valence-corrected chi connectivity index (χ2v) is 13.2. The van der Waals surface area contributed by atoms with E-state index in [4.69, 9.17) is 9.47 Å². The maximum atomic E-state index is 12.6. The van der Waals surface area contributed by atoms with Crippen molar-refractivity contribution in [1.82, 2.24) is 0 Å². The van der Waals surface area contributed by atoms with Crippen LogP contribution in [0, 0.1) is 52.3 Å². The Balaban J connectivity index is 1.29. The third-order valence-electron chi connectivity index (χ3n) is 11.8. The number of aliphatic hydroxyl groups is 2. The van der Waals surface area contributed by atoms with Gasteiger partial charge in [-0.1, -0.05) is 27.7 Å². The number of Topliss-reactive ketones (excluding diaryl/α,β-unsaturated/α-hetero) is 1. The maximum Gasteiger partial charge on any atom is 0.171 e. The Hall–Kier alpha value is -0.490. The summed E-state index contributed by atoms with van der Waals surface area (Å²) in [7, 11) is 0. The van der Waals surface area contributed by atoms with Gasteiger partial charge in [0.15, 0.2) is 11.6 Å². The lowest BCUT2D eigenvalue weighted by molar-refractivity contribution is -0.273. The lowest BCUT2D eigenvalue weighted by atomic mass is 9.43. The molecule has 1 spiro atoms. The van der Waals surface area contributed by atoms with Gasteiger partial charge >= 0.3 is 0 Å². The second kappa shape index (κ2) is 7.02. The number of hydrogen-bond donors (Lipinski definition) is 2. The summed E-state index contributed by atoms with van der Waals surface area (Å²) < 4.78 is 13.3. The number of ether oxygens (including phenoxy) is 2. The molecule has 6 fully saturated rings. The van der Waals surface area contributed by atoms with Gasteiger partial charge in [0.25, 0.3) is 0 Å². The normalized spacial score (nSPS) is 61.8. The van der Waals surface area contributed by atoms with E-state index in [1.54, 1.807) is 0 Å². The summed E-state index contributed by atoms with van der Waals surface area (Å²) >= 11 is 0. The largest absolute Gasteiger partial charge is 0.393 e. The molecule has 4 aliphatic carbocycles. The van der Waals surface area contributed by atoms with Crippen molar-refractivity contribution < 1.29 is 24.5 Å². The summed E-state index contributed by atoms with van der Waals surface area (Å²) in [6.07, 6.45) is 6.19. The van der Waals surface area contributed by atoms with Gasteiger partial charge in [0, 0.05) is 18.8 Å². The van der Waals surface area contributed by atoms with E-state index in [9.17, 15) is 15.0 Å². The zero-order chi connectivity index (χ0) is 22.6. The molecule has 2 heterocycles. The van der Waals surface area contributed by atoms with Gasteiger partial charge in [-0.2, -0.15) is 0 Å². The van der Waals surface area contributed by atoms with Crippen LogP contribution >= 0.6 is 0 Å². The first-order valence-electron chi connectivity index (χ1n) is 13.3. The van der Waals surface area contributed by atoms with Crippen LogP contribution in [0.2, 0.25) is 0 Å². The zero-order valence-corrected chi connectivity index (χ0v) is 20.3. The average molecular weight is 447 g/mol. The molecule has 32 heavy (non-hydrogen) atoms. The highest BCUT2D eigenvalue weighted by molar-refractivity contribution is 5.84. The van der Waals surface area contributed by atoms with Crippen LogP contribution in [0.3, 0.4) is 0 Å². The van der Waals surface area contributed by atoms with E-state index in [-0.39, 0.29) is 34.4 Å². The van der Waals surface area contributed by atoms with Gasteiger partial charge in [-0.15, -0.1) is 0 Å². The topological polar surface area (TPSA) is 76.0 Å². The SMILES string of the molecule is C[C@H]1CC[C@@]2(OC1)OC1CC3C4C[C@@H](O)[C@H]5C[C@@H](O)C(=O)C[C@]5(C)C4CC[C@]3(C)C1[C@@H]2C. The second-order valence-electron chi connectivity index (χ2n) is 13.2. The average Bonchev–Trinajstić information content (AvgIpc) is 3.18. The van der Waals surface area contributed by atoms with Crippen LogP contribution in [-0.2, 0) is 14.3 Å². The first-order valence-corrected chi connectivity index (χ1v) is 13.3. The molecule has 0 radical (unpaired) electrons. The Morgan fingerprint density at radius 1 is 0.938 bits per heavy atom. The fourth-order valence-electron chi connectivity index (χ4n) is 10.2. The highest BCUT2D eigenvalue weighted by Gasteiger charge is 2.70. The standard InChI is InChI=1S/C27H42O5/c1-14-5-8-27(31-13-14)15(2)24-23(32-27)11-18-16-9-20(28)19-10-21(29)22(30)12-26(19,4)17(16)6-7-25(18,24)3/h14-21,23-24,28-29H,5-13H2,1-4H3/t14-,15-,16?,17?,18?,19+,20+,21+,23?,24?,25-,26+,27+/m0/s1. The Labute approximate surface area is 192 Å². The van der Waals surface area contributed by atoms with Gasteiger partial charge in [0.2, 0.25) is 0 Å². The van der Waals surface area contributed by atoms with Gasteiger partial charge in [0.1, 0.15) is 6.10 Å². The van der Waals surface area contributed by atoms with Crippen LogP contribution in [0.4, 0.5) is 0 Å². The van der Waals surface area contributed by atoms with Gasteiger partial charge in [0.05, 0.1) is 18.8 Å². The summed E-state index contributed by atoms with van der Waals surface area (Å²) in [6.45, 7) is 10.2. The van der Waals surface area contributed by atoms with E-state index in [1.165, 1.54) is 12.8 Å². The lowest BCUT2D eigenvalue weighted by Crippen LogP contribution is -2.60. The molecule has 0 amide bonds. The number of aliphatic hydroxyl groups excluding tert-OH is 2. The molecule has 2 aliphatic heterocycles. The molecular weight excluding hydrogens is 404 g/mol. The van der Waals surface area contributed by atoms with Gasteiger partial charge in [-0.05, 0) is 84.9 Å². The number of ketones is 1. The lowest BCUT2D eigenvalue weighted by Gasteiger charge is -2.62. The molecule has 2 N–H and O–H groups in total.